The van der Waals surface area contributed by atoms with Crippen molar-refractivity contribution < 1.29 is 27.3 Å². The molecule has 0 fully saturated rings. The third kappa shape index (κ3) is 5.38. The quantitative estimate of drug-likeness (QED) is 0.390. The maximum Gasteiger partial charge on any atom is 0.273 e. The van der Waals surface area contributed by atoms with Gasteiger partial charge in [-0.25, -0.2) is 12.8 Å². The van der Waals surface area contributed by atoms with Crippen molar-refractivity contribution in [1.82, 2.24) is 0 Å². The Morgan fingerprint density at radius 3 is 2.44 bits per heavy atom. The summed E-state index contributed by atoms with van der Waals surface area (Å²) < 4.78 is 45.9. The number of carbonyl (C=O) groups excluding carboxylic acids is 1. The van der Waals surface area contributed by atoms with Crippen molar-refractivity contribution in [1.29, 1.82) is 0 Å². The van der Waals surface area contributed by atoms with Crippen LogP contribution < -0.4 is 14.8 Å². The molecule has 0 atom stereocenters. The molecular weight excluding hydrogens is 441 g/mol. The Kier molecular flexibility index (Phi) is 6.69. The SMILES string of the molecule is COc1ccc(NC(=O)Cc2ccccc2[N+](=O)[O-])cc1NS(=O)(=O)c1ccc(F)cc1. The lowest BCUT2D eigenvalue weighted by Crippen LogP contribution is -2.16. The minimum Gasteiger partial charge on any atom is -0.495 e. The standard InChI is InChI=1S/C21H18FN3O6S/c1-31-20-11-8-16(23-21(26)12-14-4-2-3-5-19(14)25(27)28)13-18(20)24-32(29,30)17-9-6-15(22)7-10-17/h2-11,13,24H,12H2,1H3,(H,23,26). The molecule has 3 rings (SSSR count). The third-order valence-corrected chi connectivity index (χ3v) is 5.77. The van der Waals surface area contributed by atoms with Crippen LogP contribution in [-0.4, -0.2) is 26.4 Å². The summed E-state index contributed by atoms with van der Waals surface area (Å²) in [5.74, 6) is -0.922. The zero-order chi connectivity index (χ0) is 23.3. The Labute approximate surface area is 183 Å². The smallest absolute Gasteiger partial charge is 0.273 e. The molecular formula is C21H18FN3O6S. The molecule has 32 heavy (non-hydrogen) atoms. The molecule has 2 N–H and O–H groups in total. The first-order chi connectivity index (χ1) is 15.2. The van der Waals surface area contributed by atoms with Gasteiger partial charge in [-0.2, -0.15) is 0 Å². The third-order valence-electron chi connectivity index (χ3n) is 4.39. The molecule has 0 radical (unpaired) electrons. The lowest BCUT2D eigenvalue weighted by atomic mass is 10.1. The van der Waals surface area contributed by atoms with Gasteiger partial charge in [-0.15, -0.1) is 0 Å². The van der Waals surface area contributed by atoms with Crippen LogP contribution in [0.5, 0.6) is 5.75 Å². The predicted octanol–water partition coefficient (Wildman–Crippen LogP) is 3.72. The van der Waals surface area contributed by atoms with E-state index in [0.29, 0.717) is 0 Å². The molecule has 0 aliphatic heterocycles. The summed E-state index contributed by atoms with van der Waals surface area (Å²) in [6, 6.07) is 14.4. The monoisotopic (exact) mass is 459 g/mol. The van der Waals surface area contributed by atoms with Crippen molar-refractivity contribution in [3.8, 4) is 5.75 Å². The summed E-state index contributed by atoms with van der Waals surface area (Å²) >= 11 is 0. The second-order valence-electron chi connectivity index (χ2n) is 6.59. The number of ether oxygens (including phenoxy) is 1. The molecule has 0 aromatic heterocycles. The van der Waals surface area contributed by atoms with Gasteiger partial charge in [0.05, 0.1) is 29.0 Å². The number of nitrogens with zero attached hydrogens (tertiary/aromatic N) is 1. The Morgan fingerprint density at radius 1 is 1.09 bits per heavy atom. The van der Waals surface area contributed by atoms with Crippen molar-refractivity contribution in [2.24, 2.45) is 0 Å². The molecule has 0 heterocycles. The van der Waals surface area contributed by atoms with Crippen LogP contribution in [0.25, 0.3) is 0 Å². The molecule has 0 unspecified atom stereocenters. The van der Waals surface area contributed by atoms with Crippen LogP contribution in [0.2, 0.25) is 0 Å². The number of hydrogen-bond acceptors (Lipinski definition) is 6. The summed E-state index contributed by atoms with van der Waals surface area (Å²) in [7, 11) is -2.71. The highest BCUT2D eigenvalue weighted by molar-refractivity contribution is 7.92. The minimum absolute atomic E-state index is 0.0420. The number of rotatable bonds is 8. The van der Waals surface area contributed by atoms with Crippen molar-refractivity contribution in [3.05, 3.63) is 88.2 Å². The normalized spacial score (nSPS) is 10.9. The molecule has 0 bridgehead atoms. The fourth-order valence-electron chi connectivity index (χ4n) is 2.90. The maximum atomic E-state index is 13.1. The lowest BCUT2D eigenvalue weighted by molar-refractivity contribution is -0.385. The fourth-order valence-corrected chi connectivity index (χ4v) is 3.96. The van der Waals surface area contributed by atoms with E-state index in [-0.39, 0.29) is 39.7 Å². The van der Waals surface area contributed by atoms with E-state index in [1.807, 2.05) is 0 Å². The van der Waals surface area contributed by atoms with E-state index < -0.39 is 26.7 Å². The number of nitrogens with one attached hydrogen (secondary N) is 2. The van der Waals surface area contributed by atoms with Crippen molar-refractivity contribution in [3.63, 3.8) is 0 Å². The largest absolute Gasteiger partial charge is 0.495 e. The Hall–Kier alpha value is -3.99. The van der Waals surface area contributed by atoms with Gasteiger partial charge in [0, 0.05) is 17.3 Å². The number of halogens is 1. The zero-order valence-corrected chi connectivity index (χ0v) is 17.6. The summed E-state index contributed by atoms with van der Waals surface area (Å²) in [5, 5.41) is 13.7. The number of amides is 1. The van der Waals surface area contributed by atoms with Gasteiger partial charge in [0.25, 0.3) is 15.7 Å². The van der Waals surface area contributed by atoms with E-state index in [2.05, 4.69) is 10.0 Å². The van der Waals surface area contributed by atoms with Gasteiger partial charge in [-0.3, -0.25) is 19.6 Å². The van der Waals surface area contributed by atoms with Gasteiger partial charge in [-0.1, -0.05) is 18.2 Å². The first kappa shape index (κ1) is 22.7. The van der Waals surface area contributed by atoms with Gasteiger partial charge >= 0.3 is 0 Å². The lowest BCUT2D eigenvalue weighted by Gasteiger charge is -2.14. The maximum absolute atomic E-state index is 13.1. The second kappa shape index (κ2) is 9.43. The molecule has 3 aromatic carbocycles. The summed E-state index contributed by atoms with van der Waals surface area (Å²) in [4.78, 5) is 22.8. The fraction of sp³-hybridized carbons (Fsp3) is 0.0952. The number of methoxy groups -OCH3 is 1. The first-order valence-electron chi connectivity index (χ1n) is 9.18. The van der Waals surface area contributed by atoms with Gasteiger partial charge in [0.15, 0.2) is 0 Å². The molecule has 0 aliphatic carbocycles. The van der Waals surface area contributed by atoms with E-state index in [1.54, 1.807) is 6.07 Å². The number of sulfonamides is 1. The van der Waals surface area contributed by atoms with Crippen molar-refractivity contribution >= 4 is 33.0 Å². The van der Waals surface area contributed by atoms with E-state index >= 15 is 0 Å². The van der Waals surface area contributed by atoms with E-state index in [1.165, 1.54) is 43.5 Å². The van der Waals surface area contributed by atoms with Crippen LogP contribution in [0.3, 0.4) is 0 Å². The minimum atomic E-state index is -4.06. The van der Waals surface area contributed by atoms with Gasteiger partial charge in [0.1, 0.15) is 11.6 Å². The van der Waals surface area contributed by atoms with Gasteiger partial charge in [0.2, 0.25) is 5.91 Å². The topological polar surface area (TPSA) is 128 Å². The number of carbonyl (C=O) groups is 1. The highest BCUT2D eigenvalue weighted by Gasteiger charge is 2.19. The van der Waals surface area contributed by atoms with Crippen LogP contribution in [0.4, 0.5) is 21.5 Å². The molecule has 0 spiro atoms. The summed E-state index contributed by atoms with van der Waals surface area (Å²) in [6.07, 6.45) is -0.250. The molecule has 11 heteroatoms. The average Bonchev–Trinajstić information content (AvgIpc) is 2.74. The van der Waals surface area contributed by atoms with Crippen molar-refractivity contribution in [2.45, 2.75) is 11.3 Å². The molecule has 0 saturated carbocycles. The molecule has 0 saturated heterocycles. The number of anilines is 2. The molecule has 0 aliphatic rings. The van der Waals surface area contributed by atoms with Crippen LogP contribution in [0.1, 0.15) is 5.56 Å². The van der Waals surface area contributed by atoms with E-state index in [4.69, 9.17) is 4.74 Å². The van der Waals surface area contributed by atoms with Crippen LogP contribution in [0.15, 0.2) is 71.6 Å². The number of hydrogen-bond donors (Lipinski definition) is 2. The Balaban J connectivity index is 1.81. The molecule has 9 nitrogen and oxygen atoms in total. The average molecular weight is 459 g/mol. The summed E-state index contributed by atoms with van der Waals surface area (Å²) in [5.41, 5.74) is 0.345. The van der Waals surface area contributed by atoms with Crippen LogP contribution in [0, 0.1) is 15.9 Å². The van der Waals surface area contributed by atoms with Crippen molar-refractivity contribution in [2.75, 3.05) is 17.1 Å². The predicted molar refractivity (Wildman–Crippen MR) is 116 cm³/mol. The van der Waals surface area contributed by atoms with E-state index in [9.17, 15) is 27.7 Å². The number of benzene rings is 3. The number of nitro benzene ring substituents is 1. The second-order valence-corrected chi connectivity index (χ2v) is 8.27. The summed E-state index contributed by atoms with van der Waals surface area (Å²) in [6.45, 7) is 0. The van der Waals surface area contributed by atoms with Gasteiger partial charge in [-0.05, 0) is 42.5 Å². The number of para-hydroxylation sites is 1. The molecule has 3 aromatic rings. The van der Waals surface area contributed by atoms with Crippen LogP contribution >= 0.6 is 0 Å². The van der Waals surface area contributed by atoms with Crippen LogP contribution in [-0.2, 0) is 21.2 Å². The highest BCUT2D eigenvalue weighted by atomic mass is 32.2. The highest BCUT2D eigenvalue weighted by Crippen LogP contribution is 2.30. The zero-order valence-electron chi connectivity index (χ0n) is 16.7. The number of nitro groups is 1. The molecule has 1 amide bonds. The van der Waals surface area contributed by atoms with Gasteiger partial charge < -0.3 is 10.1 Å². The first-order valence-corrected chi connectivity index (χ1v) is 10.7. The Bertz CT molecular complexity index is 1260. The Morgan fingerprint density at radius 2 is 1.78 bits per heavy atom. The molecule has 166 valence electrons. The van der Waals surface area contributed by atoms with E-state index in [0.717, 1.165) is 24.3 Å².